The van der Waals surface area contributed by atoms with Crippen molar-refractivity contribution in [2.24, 2.45) is 5.73 Å². The van der Waals surface area contributed by atoms with Crippen LogP contribution in [-0.4, -0.2) is 10.5 Å². The van der Waals surface area contributed by atoms with Gasteiger partial charge in [-0.15, -0.1) is 11.3 Å². The third-order valence-electron chi connectivity index (χ3n) is 3.10. The van der Waals surface area contributed by atoms with E-state index in [0.717, 1.165) is 40.0 Å². The molecule has 0 spiro atoms. The minimum absolute atomic E-state index is 0.0447. The van der Waals surface area contributed by atoms with Gasteiger partial charge in [-0.05, 0) is 18.9 Å². The first-order valence-electron chi connectivity index (χ1n) is 5.64. The Morgan fingerprint density at radius 2 is 2.12 bits per heavy atom. The van der Waals surface area contributed by atoms with E-state index in [0.29, 0.717) is 0 Å². The van der Waals surface area contributed by atoms with E-state index in [4.69, 9.17) is 5.73 Å². The zero-order valence-electron chi connectivity index (χ0n) is 9.32. The van der Waals surface area contributed by atoms with Crippen molar-refractivity contribution in [3.8, 4) is 11.3 Å². The normalized spacial score (nSPS) is 17.1. The Bertz CT molecular complexity index is 546. The van der Waals surface area contributed by atoms with E-state index in [-0.39, 0.29) is 5.54 Å². The average molecular weight is 309 g/mol. The molecule has 1 aromatic carbocycles. The van der Waals surface area contributed by atoms with Gasteiger partial charge in [-0.2, -0.15) is 0 Å². The highest BCUT2D eigenvalue weighted by molar-refractivity contribution is 9.10. The molecule has 0 aliphatic heterocycles. The van der Waals surface area contributed by atoms with Crippen molar-refractivity contribution in [2.75, 3.05) is 0 Å². The lowest BCUT2D eigenvalue weighted by Crippen LogP contribution is -2.24. The molecule has 0 saturated heterocycles. The zero-order chi connectivity index (χ0) is 11.9. The second-order valence-corrected chi connectivity index (χ2v) is 6.44. The van der Waals surface area contributed by atoms with Gasteiger partial charge in [0, 0.05) is 27.4 Å². The predicted octanol–water partition coefficient (Wildman–Crippen LogP) is 3.61. The highest BCUT2D eigenvalue weighted by Crippen LogP contribution is 2.37. The summed E-state index contributed by atoms with van der Waals surface area (Å²) in [5.74, 6) is 0. The highest BCUT2D eigenvalue weighted by Gasteiger charge is 2.38. The van der Waals surface area contributed by atoms with Crippen LogP contribution in [0, 0.1) is 0 Å². The van der Waals surface area contributed by atoms with Gasteiger partial charge in [-0.1, -0.05) is 34.1 Å². The van der Waals surface area contributed by atoms with Crippen LogP contribution < -0.4 is 5.73 Å². The first kappa shape index (κ1) is 11.4. The number of nitrogens with zero attached hydrogens (tertiary/aromatic N) is 1. The fourth-order valence-electron chi connectivity index (χ4n) is 1.82. The van der Waals surface area contributed by atoms with Crippen LogP contribution in [0.1, 0.15) is 17.8 Å². The molecule has 0 unspecified atom stereocenters. The van der Waals surface area contributed by atoms with Crippen LogP contribution in [0.15, 0.2) is 34.1 Å². The summed E-state index contributed by atoms with van der Waals surface area (Å²) in [4.78, 5) is 4.68. The minimum Gasteiger partial charge on any atom is -0.325 e. The summed E-state index contributed by atoms with van der Waals surface area (Å²) in [5.41, 5.74) is 8.35. The molecule has 1 fully saturated rings. The minimum atomic E-state index is 0.0447. The lowest BCUT2D eigenvalue weighted by Gasteiger charge is -2.04. The van der Waals surface area contributed by atoms with E-state index in [1.807, 2.05) is 18.2 Å². The monoisotopic (exact) mass is 308 g/mol. The van der Waals surface area contributed by atoms with Gasteiger partial charge in [0.25, 0.3) is 0 Å². The van der Waals surface area contributed by atoms with Crippen LogP contribution in [0.4, 0.5) is 0 Å². The molecule has 88 valence electrons. The van der Waals surface area contributed by atoms with Crippen LogP contribution in [0.25, 0.3) is 11.3 Å². The number of benzene rings is 1. The molecule has 2 N–H and O–H groups in total. The van der Waals surface area contributed by atoms with Crippen molar-refractivity contribution in [1.82, 2.24) is 4.98 Å². The number of aromatic nitrogens is 1. The van der Waals surface area contributed by atoms with Gasteiger partial charge in [0.15, 0.2) is 0 Å². The van der Waals surface area contributed by atoms with Crippen LogP contribution in [0.5, 0.6) is 0 Å². The molecule has 1 aliphatic rings. The Morgan fingerprint density at radius 3 is 2.82 bits per heavy atom. The van der Waals surface area contributed by atoms with Gasteiger partial charge in [-0.25, -0.2) is 4.98 Å². The maximum absolute atomic E-state index is 6.11. The molecule has 1 aliphatic carbocycles. The van der Waals surface area contributed by atoms with Crippen molar-refractivity contribution < 1.29 is 0 Å². The van der Waals surface area contributed by atoms with E-state index in [9.17, 15) is 0 Å². The fourth-order valence-corrected chi connectivity index (χ4v) is 3.26. The summed E-state index contributed by atoms with van der Waals surface area (Å²) in [6, 6.07) is 8.17. The van der Waals surface area contributed by atoms with Crippen molar-refractivity contribution in [3.05, 3.63) is 39.1 Å². The molecule has 17 heavy (non-hydrogen) atoms. The number of hydrogen-bond acceptors (Lipinski definition) is 3. The second-order valence-electron chi connectivity index (χ2n) is 4.65. The Morgan fingerprint density at radius 1 is 1.35 bits per heavy atom. The molecule has 3 rings (SSSR count). The average Bonchev–Trinajstić information content (AvgIpc) is 2.86. The summed E-state index contributed by atoms with van der Waals surface area (Å²) in [6.07, 6.45) is 3.19. The number of rotatable bonds is 3. The van der Waals surface area contributed by atoms with E-state index in [1.165, 1.54) is 0 Å². The fraction of sp³-hybridized carbons (Fsp3) is 0.308. The molecule has 1 heterocycles. The number of thiazole rings is 1. The van der Waals surface area contributed by atoms with Gasteiger partial charge in [-0.3, -0.25) is 0 Å². The van der Waals surface area contributed by atoms with Gasteiger partial charge in [0.1, 0.15) is 0 Å². The van der Waals surface area contributed by atoms with E-state index in [2.05, 4.69) is 32.4 Å². The first-order chi connectivity index (χ1) is 8.16. The maximum atomic E-state index is 6.11. The van der Waals surface area contributed by atoms with E-state index < -0.39 is 0 Å². The van der Waals surface area contributed by atoms with Crippen LogP contribution in [0.2, 0.25) is 0 Å². The molecule has 1 saturated carbocycles. The Labute approximate surface area is 113 Å². The summed E-state index contributed by atoms with van der Waals surface area (Å²) in [6.45, 7) is 0. The van der Waals surface area contributed by atoms with Crippen LogP contribution in [-0.2, 0) is 6.42 Å². The Hall–Kier alpha value is -0.710. The molecule has 0 amide bonds. The summed E-state index contributed by atoms with van der Waals surface area (Å²) < 4.78 is 1.09. The van der Waals surface area contributed by atoms with Crippen molar-refractivity contribution in [3.63, 3.8) is 0 Å². The molecule has 0 bridgehead atoms. The van der Waals surface area contributed by atoms with Gasteiger partial charge in [0.05, 0.1) is 10.7 Å². The smallest absolute Gasteiger partial charge is 0.0950 e. The number of hydrogen-bond donors (Lipinski definition) is 1. The maximum Gasteiger partial charge on any atom is 0.0950 e. The molecule has 2 nitrogen and oxygen atoms in total. The SMILES string of the molecule is NC1(Cc2nc(-c3ccccc3Br)cs2)CC1. The van der Waals surface area contributed by atoms with Crippen molar-refractivity contribution in [2.45, 2.75) is 24.8 Å². The topological polar surface area (TPSA) is 38.9 Å². The Balaban J connectivity index is 1.87. The molecular formula is C13H13BrN2S. The molecule has 0 radical (unpaired) electrons. The van der Waals surface area contributed by atoms with E-state index in [1.54, 1.807) is 11.3 Å². The molecule has 2 aromatic rings. The van der Waals surface area contributed by atoms with Gasteiger partial charge < -0.3 is 5.73 Å². The lowest BCUT2D eigenvalue weighted by atomic mass is 10.2. The third kappa shape index (κ3) is 2.44. The first-order valence-corrected chi connectivity index (χ1v) is 7.32. The summed E-state index contributed by atoms with van der Waals surface area (Å²) in [7, 11) is 0. The van der Waals surface area contributed by atoms with E-state index >= 15 is 0 Å². The van der Waals surface area contributed by atoms with Gasteiger partial charge in [0.2, 0.25) is 0 Å². The number of halogens is 1. The van der Waals surface area contributed by atoms with Crippen LogP contribution in [0.3, 0.4) is 0 Å². The van der Waals surface area contributed by atoms with Crippen LogP contribution >= 0.6 is 27.3 Å². The Kier molecular flexibility index (Phi) is 2.81. The lowest BCUT2D eigenvalue weighted by molar-refractivity contribution is 0.669. The zero-order valence-corrected chi connectivity index (χ0v) is 11.7. The summed E-state index contributed by atoms with van der Waals surface area (Å²) in [5, 5.41) is 3.26. The summed E-state index contributed by atoms with van der Waals surface area (Å²) >= 11 is 5.26. The standard InChI is InChI=1S/C13H13BrN2S/c14-10-4-2-1-3-9(10)11-8-17-12(16-11)7-13(15)5-6-13/h1-4,8H,5-7,15H2. The predicted molar refractivity (Wildman–Crippen MR) is 75.1 cm³/mol. The molecular weight excluding hydrogens is 296 g/mol. The molecule has 4 heteroatoms. The number of nitrogens with two attached hydrogens (primary N) is 1. The van der Waals surface area contributed by atoms with Crippen molar-refractivity contribution in [1.29, 1.82) is 0 Å². The molecule has 1 aromatic heterocycles. The van der Waals surface area contributed by atoms with Gasteiger partial charge >= 0.3 is 0 Å². The highest BCUT2D eigenvalue weighted by atomic mass is 79.9. The quantitative estimate of drug-likeness (QED) is 0.941. The van der Waals surface area contributed by atoms with Crippen molar-refractivity contribution >= 4 is 27.3 Å². The molecule has 0 atom stereocenters. The largest absolute Gasteiger partial charge is 0.325 e. The second kappa shape index (κ2) is 4.19. The third-order valence-corrected chi connectivity index (χ3v) is 4.64.